The van der Waals surface area contributed by atoms with Gasteiger partial charge in [0.05, 0.1) is 11.9 Å². The van der Waals surface area contributed by atoms with Crippen LogP contribution in [-0.4, -0.2) is 15.1 Å². The number of benzene rings is 1. The molecule has 0 heterocycles. The lowest BCUT2D eigenvalue weighted by atomic mass is 10.1. The van der Waals surface area contributed by atoms with Crippen molar-refractivity contribution in [3.63, 3.8) is 0 Å². The molecule has 0 aromatic heterocycles. The maximum absolute atomic E-state index is 12.0. The topological polar surface area (TPSA) is 34.1 Å². The molecule has 1 aromatic rings. The molecule has 13 heavy (non-hydrogen) atoms. The first-order valence-corrected chi connectivity index (χ1v) is 5.16. The Morgan fingerprint density at radius 2 is 2.00 bits per heavy atom. The second-order valence-corrected chi connectivity index (χ2v) is 3.81. The van der Waals surface area contributed by atoms with E-state index in [1.165, 1.54) is 0 Å². The molecule has 1 unspecified atom stereocenters. The number of halogens is 1. The summed E-state index contributed by atoms with van der Waals surface area (Å²) in [6.45, 7) is -0.618. The summed E-state index contributed by atoms with van der Waals surface area (Å²) in [4.78, 5) is 0. The van der Waals surface area contributed by atoms with E-state index in [0.29, 0.717) is 5.56 Å². The summed E-state index contributed by atoms with van der Waals surface area (Å²) in [6, 6.07) is 9.32. The van der Waals surface area contributed by atoms with Crippen LogP contribution in [0.5, 0.6) is 0 Å². The van der Waals surface area contributed by atoms with Crippen molar-refractivity contribution in [3.8, 4) is 0 Å². The lowest BCUT2D eigenvalue weighted by molar-refractivity contribution is 0.463. The molecule has 2 nitrogen and oxygen atoms in total. The van der Waals surface area contributed by atoms with Gasteiger partial charge in [-0.05, 0) is 18.1 Å². The highest BCUT2D eigenvalue weighted by molar-refractivity contribution is 7.72. The van der Waals surface area contributed by atoms with Gasteiger partial charge < -0.3 is 0 Å². The highest BCUT2D eigenvalue weighted by atomic mass is 32.2. The number of rotatable bonds is 4. The maximum Gasteiger partial charge on any atom is 0.147 e. The first-order valence-electron chi connectivity index (χ1n) is 3.91. The average molecular weight is 201 g/mol. The van der Waals surface area contributed by atoms with E-state index < -0.39 is 22.6 Å². The number of hydrogen-bond donors (Lipinski definition) is 1. The van der Waals surface area contributed by atoms with Gasteiger partial charge in [-0.15, -0.1) is 0 Å². The van der Waals surface area contributed by atoms with Crippen LogP contribution in [0.1, 0.15) is 17.2 Å². The first-order chi connectivity index (χ1) is 6.25. The van der Waals surface area contributed by atoms with Crippen molar-refractivity contribution in [1.82, 2.24) is 0 Å². The highest BCUT2D eigenvalue weighted by Gasteiger charge is 2.13. The van der Waals surface area contributed by atoms with E-state index in [1.807, 2.05) is 0 Å². The Balaban J connectivity index is 2.89. The predicted octanol–water partition coefficient (Wildman–Crippen LogP) is 1.50. The molecule has 1 rings (SSSR count). The van der Waals surface area contributed by atoms with Gasteiger partial charge in [-0.25, -0.2) is 8.42 Å². The van der Waals surface area contributed by atoms with Gasteiger partial charge in [0.25, 0.3) is 0 Å². The van der Waals surface area contributed by atoms with Gasteiger partial charge in [-0.3, -0.25) is 4.39 Å². The molecular formula is C9H10FO2S. The molecule has 71 valence electrons. The van der Waals surface area contributed by atoms with Crippen LogP contribution < -0.4 is 0 Å². The molecule has 0 fully saturated rings. The van der Waals surface area contributed by atoms with Gasteiger partial charge in [-0.2, -0.15) is 0 Å². The molecule has 0 aliphatic heterocycles. The minimum atomic E-state index is -2.60. The van der Waals surface area contributed by atoms with Crippen LogP contribution in [0, 0.1) is 6.07 Å². The molecule has 0 saturated carbocycles. The molecule has 0 N–H and O–H groups in total. The van der Waals surface area contributed by atoms with Crippen LogP contribution in [0.2, 0.25) is 0 Å². The molecule has 0 bridgehead atoms. The quantitative estimate of drug-likeness (QED) is 0.749. The fourth-order valence-corrected chi connectivity index (χ4v) is 1.84. The van der Waals surface area contributed by atoms with Crippen molar-refractivity contribution < 1.29 is 12.8 Å². The minimum Gasteiger partial charge on any atom is -0.251 e. The first kappa shape index (κ1) is 10.2. The van der Waals surface area contributed by atoms with E-state index in [2.05, 4.69) is 6.07 Å². The van der Waals surface area contributed by atoms with Crippen LogP contribution in [0.3, 0.4) is 0 Å². The van der Waals surface area contributed by atoms with Crippen molar-refractivity contribution in [2.75, 3.05) is 6.67 Å². The maximum atomic E-state index is 12.0. The SMILES string of the molecule is O=[SH](=O)C(CCF)c1cc[c]cc1. The summed E-state index contributed by atoms with van der Waals surface area (Å²) in [5.74, 6) is 0. The summed E-state index contributed by atoms with van der Waals surface area (Å²) in [5, 5.41) is -0.699. The Bertz CT molecular complexity index is 314. The molecule has 0 aliphatic rings. The Morgan fingerprint density at radius 1 is 1.38 bits per heavy atom. The Hall–Kier alpha value is -0.900. The fraction of sp³-hybridized carbons (Fsp3) is 0.333. The smallest absolute Gasteiger partial charge is 0.147 e. The lowest BCUT2D eigenvalue weighted by Gasteiger charge is -2.07. The minimum absolute atomic E-state index is 0.0305. The van der Waals surface area contributed by atoms with Crippen molar-refractivity contribution in [2.45, 2.75) is 11.7 Å². The average Bonchev–Trinajstić information content (AvgIpc) is 2.15. The van der Waals surface area contributed by atoms with Crippen molar-refractivity contribution in [1.29, 1.82) is 0 Å². The molecule has 0 saturated heterocycles. The monoisotopic (exact) mass is 201 g/mol. The van der Waals surface area contributed by atoms with E-state index in [0.717, 1.165) is 0 Å². The molecule has 1 atom stereocenters. The number of hydrogen-bond acceptors (Lipinski definition) is 2. The zero-order valence-corrected chi connectivity index (χ0v) is 7.84. The fourth-order valence-electron chi connectivity index (χ4n) is 1.12. The van der Waals surface area contributed by atoms with Crippen molar-refractivity contribution in [2.24, 2.45) is 0 Å². The number of thiol groups is 1. The van der Waals surface area contributed by atoms with E-state index >= 15 is 0 Å². The summed E-state index contributed by atoms with van der Waals surface area (Å²) in [5.41, 5.74) is 0.632. The second kappa shape index (κ2) is 4.97. The van der Waals surface area contributed by atoms with Gasteiger partial charge >= 0.3 is 0 Å². The third-order valence-corrected chi connectivity index (χ3v) is 2.83. The lowest BCUT2D eigenvalue weighted by Crippen LogP contribution is -2.01. The standard InChI is InChI=1S/C9H10FO2S/c10-7-6-9(13(11)12)8-4-2-1-3-5-8/h2-5,9,13H,6-7H2. The third-order valence-electron chi connectivity index (χ3n) is 1.77. The summed E-state index contributed by atoms with van der Waals surface area (Å²) < 4.78 is 33.5. The molecule has 0 amide bonds. The molecule has 0 aliphatic carbocycles. The summed E-state index contributed by atoms with van der Waals surface area (Å²) in [7, 11) is -2.60. The van der Waals surface area contributed by atoms with E-state index in [1.54, 1.807) is 24.3 Å². The van der Waals surface area contributed by atoms with Gasteiger partial charge in [0.2, 0.25) is 0 Å². The Kier molecular flexibility index (Phi) is 3.89. The van der Waals surface area contributed by atoms with Gasteiger partial charge in [0, 0.05) is 0 Å². The van der Waals surface area contributed by atoms with Crippen LogP contribution >= 0.6 is 0 Å². The van der Waals surface area contributed by atoms with Crippen LogP contribution in [0.4, 0.5) is 4.39 Å². The van der Waals surface area contributed by atoms with Crippen LogP contribution in [0.15, 0.2) is 24.3 Å². The van der Waals surface area contributed by atoms with E-state index in [9.17, 15) is 12.8 Å². The number of alkyl halides is 1. The van der Waals surface area contributed by atoms with Gasteiger partial charge in [0.15, 0.2) is 0 Å². The third kappa shape index (κ3) is 2.81. The predicted molar refractivity (Wildman–Crippen MR) is 48.9 cm³/mol. The highest BCUT2D eigenvalue weighted by Crippen LogP contribution is 2.19. The summed E-state index contributed by atoms with van der Waals surface area (Å²) >= 11 is 0. The van der Waals surface area contributed by atoms with Crippen molar-refractivity contribution in [3.05, 3.63) is 35.9 Å². The van der Waals surface area contributed by atoms with Crippen LogP contribution in [-0.2, 0) is 10.7 Å². The molecule has 0 spiro atoms. The molecule has 1 aromatic carbocycles. The normalized spacial score (nSPS) is 13.1. The van der Waals surface area contributed by atoms with E-state index in [-0.39, 0.29) is 6.42 Å². The largest absolute Gasteiger partial charge is 0.251 e. The van der Waals surface area contributed by atoms with Gasteiger partial charge in [0.1, 0.15) is 10.7 Å². The Morgan fingerprint density at radius 3 is 2.46 bits per heavy atom. The van der Waals surface area contributed by atoms with Crippen LogP contribution in [0.25, 0.3) is 0 Å². The summed E-state index contributed by atoms with van der Waals surface area (Å²) in [6.07, 6.45) is 0.0305. The molecule has 1 radical (unpaired) electrons. The zero-order chi connectivity index (χ0) is 9.68. The van der Waals surface area contributed by atoms with E-state index in [4.69, 9.17) is 0 Å². The van der Waals surface area contributed by atoms with Gasteiger partial charge in [-0.1, -0.05) is 24.3 Å². The zero-order valence-electron chi connectivity index (χ0n) is 6.94. The second-order valence-electron chi connectivity index (χ2n) is 2.61. The van der Waals surface area contributed by atoms with Crippen molar-refractivity contribution >= 4 is 10.7 Å². The molecule has 4 heteroatoms. The Labute approximate surface area is 78.3 Å². The molecular weight excluding hydrogens is 191 g/mol.